The number of alkyl halides is 2. The van der Waals surface area contributed by atoms with Gasteiger partial charge in [0.2, 0.25) is 23.5 Å². The topological polar surface area (TPSA) is 155 Å². The summed E-state index contributed by atoms with van der Waals surface area (Å²) in [5, 5.41) is 15.5. The number of hydrogen-bond donors (Lipinski definition) is 3. The average molecular weight is 870 g/mol. The summed E-state index contributed by atoms with van der Waals surface area (Å²) in [5.41, 5.74) is 3.84. The number of fused-ring (bicyclic) bond motifs is 4. The third kappa shape index (κ3) is 7.35. The first-order valence-corrected chi connectivity index (χ1v) is 22.0. The van der Waals surface area contributed by atoms with Crippen molar-refractivity contribution < 1.29 is 23.1 Å². The van der Waals surface area contributed by atoms with E-state index in [1.54, 1.807) is 25.4 Å². The number of aromatic nitrogens is 5. The number of piperidine rings is 2. The summed E-state index contributed by atoms with van der Waals surface area (Å²) in [6.45, 7) is 6.73. The van der Waals surface area contributed by atoms with E-state index >= 15 is 8.78 Å². The van der Waals surface area contributed by atoms with E-state index in [0.29, 0.717) is 65.0 Å². The molecule has 62 heavy (non-hydrogen) atoms. The Morgan fingerprint density at radius 2 is 1.81 bits per heavy atom. The summed E-state index contributed by atoms with van der Waals surface area (Å²) < 4.78 is 39.2. The molecule has 1 unspecified atom stereocenters. The summed E-state index contributed by atoms with van der Waals surface area (Å²) in [6, 6.07) is 10.7. The molecule has 326 valence electrons. The molecule has 2 amide bonds. The molecule has 3 atom stereocenters. The highest BCUT2D eigenvalue weighted by atomic mass is 35.5. The fraction of sp³-hybridized carbons (Fsp3) is 0.500. The van der Waals surface area contributed by atoms with E-state index in [2.05, 4.69) is 48.6 Å². The fourth-order valence-electron chi connectivity index (χ4n) is 10.0. The van der Waals surface area contributed by atoms with Crippen molar-refractivity contribution in [1.82, 2.24) is 34.5 Å². The van der Waals surface area contributed by atoms with Gasteiger partial charge in [-0.1, -0.05) is 23.7 Å². The predicted octanol–water partition coefficient (Wildman–Crippen LogP) is 5.78. The Bertz CT molecular complexity index is 2660. The van der Waals surface area contributed by atoms with Crippen LogP contribution in [0.15, 0.2) is 47.4 Å². The van der Waals surface area contributed by atoms with Crippen LogP contribution in [0.1, 0.15) is 57.1 Å². The Hall–Kier alpha value is -5.55. The van der Waals surface area contributed by atoms with Crippen LogP contribution < -0.4 is 36.0 Å². The molecule has 10 rings (SSSR count). The zero-order valence-electron chi connectivity index (χ0n) is 35.0. The van der Waals surface area contributed by atoms with Crippen molar-refractivity contribution in [2.24, 2.45) is 25.9 Å². The van der Waals surface area contributed by atoms with E-state index in [4.69, 9.17) is 26.4 Å². The van der Waals surface area contributed by atoms with Crippen LogP contribution in [0.3, 0.4) is 0 Å². The molecule has 3 N–H and O–H groups in total. The number of amides is 2. The first-order chi connectivity index (χ1) is 29.8. The second-order valence-corrected chi connectivity index (χ2v) is 18.1. The van der Waals surface area contributed by atoms with Gasteiger partial charge < -0.3 is 29.7 Å². The van der Waals surface area contributed by atoms with E-state index in [-0.39, 0.29) is 35.2 Å². The molecule has 3 aromatic heterocycles. The van der Waals surface area contributed by atoms with Crippen molar-refractivity contribution in [1.29, 1.82) is 0 Å². The summed E-state index contributed by atoms with van der Waals surface area (Å²) in [7, 11) is 3.53. The van der Waals surface area contributed by atoms with Gasteiger partial charge in [-0.25, -0.2) is 13.8 Å². The van der Waals surface area contributed by atoms with Crippen LogP contribution in [0.25, 0.3) is 21.8 Å². The Morgan fingerprint density at radius 1 is 1.00 bits per heavy atom. The smallest absolute Gasteiger partial charge is 0.301 e. The molecule has 5 aliphatic rings. The van der Waals surface area contributed by atoms with Gasteiger partial charge in [0.25, 0.3) is 5.56 Å². The first-order valence-electron chi connectivity index (χ1n) is 21.6. The van der Waals surface area contributed by atoms with Crippen LogP contribution in [0.5, 0.6) is 5.75 Å². The Morgan fingerprint density at radius 3 is 2.56 bits per heavy atom. The fourth-order valence-corrected chi connectivity index (χ4v) is 10.2. The molecule has 4 fully saturated rings. The largest absolute Gasteiger partial charge is 0.480 e. The molecule has 4 aliphatic heterocycles. The predicted molar refractivity (Wildman–Crippen MR) is 234 cm³/mol. The third-order valence-electron chi connectivity index (χ3n) is 13.5. The van der Waals surface area contributed by atoms with Gasteiger partial charge in [-0.15, -0.1) is 0 Å². The van der Waals surface area contributed by atoms with Crippen LogP contribution in [0.4, 0.5) is 37.6 Å². The molecule has 3 saturated heterocycles. The zero-order valence-corrected chi connectivity index (χ0v) is 35.7. The minimum Gasteiger partial charge on any atom is -0.480 e. The summed E-state index contributed by atoms with van der Waals surface area (Å²) in [6.07, 6.45) is 5.75. The quantitative estimate of drug-likeness (QED) is 0.162. The SMILES string of the molecule is C[C@@H]1CN(CC2CCN(c3ncc(Cl)c(Nc4ccc5c(c4)c4c(c(=O)n5C)OCC(F)(F)[C@H](C5CC5)N4)n3)CC2)CCN1c1cccc2c(C3CCC(=O)NC3=O)nn(C)c12. The molecule has 1 saturated carbocycles. The van der Waals surface area contributed by atoms with Crippen molar-refractivity contribution in [2.75, 3.05) is 66.3 Å². The van der Waals surface area contributed by atoms with Crippen molar-refractivity contribution in [3.63, 3.8) is 0 Å². The molecule has 0 spiro atoms. The van der Waals surface area contributed by atoms with Gasteiger partial charge in [-0.05, 0) is 75.1 Å². The summed E-state index contributed by atoms with van der Waals surface area (Å²) >= 11 is 6.65. The molecule has 1 aliphatic carbocycles. The van der Waals surface area contributed by atoms with E-state index in [0.717, 1.165) is 74.4 Å². The standard InChI is InChI=1S/C44H50ClF2N11O4/c1-24-21-56(17-18-58(24)33-6-4-5-28-35(53-55(3)37(28)33)29-10-12-34(59)50-41(29)60)22-25-13-15-57(16-14-25)43-48-20-31(45)40(52-43)49-27-9-11-32-30(19-27)36-38(42(61)54(32)2)62-23-44(46,47)39(51-36)26-7-8-26/h4-6,9,11,19-20,24-26,29,39,51H,7-8,10,12-18,21-23H2,1-3H3,(H,48,49,52)(H,50,59,60)/t24-,29?,39+/m1/s1. The lowest BCUT2D eigenvalue weighted by Crippen LogP contribution is -2.53. The lowest BCUT2D eigenvalue weighted by molar-refractivity contribution is -0.134. The maximum atomic E-state index is 15.2. The maximum Gasteiger partial charge on any atom is 0.301 e. The van der Waals surface area contributed by atoms with Crippen molar-refractivity contribution in [3.05, 3.63) is 63.7 Å². The number of hydrogen-bond acceptors (Lipinski definition) is 12. The number of rotatable bonds is 8. The Balaban J connectivity index is 0.787. The number of carbonyl (C=O) groups is 2. The van der Waals surface area contributed by atoms with Crippen LogP contribution >= 0.6 is 11.6 Å². The van der Waals surface area contributed by atoms with Gasteiger partial charge in [-0.3, -0.25) is 29.3 Å². The van der Waals surface area contributed by atoms with Crippen molar-refractivity contribution in [2.45, 2.75) is 69.4 Å². The number of ether oxygens (including phenoxy) is 1. The Labute approximate surface area is 361 Å². The number of piperazine rings is 1. The number of nitrogens with zero attached hydrogens (tertiary/aromatic N) is 8. The number of aryl methyl sites for hydroxylation is 2. The highest BCUT2D eigenvalue weighted by molar-refractivity contribution is 6.33. The van der Waals surface area contributed by atoms with E-state index in [9.17, 15) is 14.4 Å². The van der Waals surface area contributed by atoms with E-state index < -0.39 is 30.0 Å². The molecule has 0 bridgehead atoms. The molecule has 15 nitrogen and oxygen atoms in total. The monoisotopic (exact) mass is 869 g/mol. The van der Waals surface area contributed by atoms with Crippen LogP contribution in [0, 0.1) is 11.8 Å². The van der Waals surface area contributed by atoms with Crippen LogP contribution in [-0.2, 0) is 23.7 Å². The van der Waals surface area contributed by atoms with Crippen molar-refractivity contribution >= 4 is 74.0 Å². The maximum absolute atomic E-state index is 15.2. The van der Waals surface area contributed by atoms with Gasteiger partial charge in [0.05, 0.1) is 46.3 Å². The highest BCUT2D eigenvalue weighted by Crippen LogP contribution is 2.46. The molecule has 7 heterocycles. The third-order valence-corrected chi connectivity index (χ3v) is 13.8. The van der Waals surface area contributed by atoms with Crippen LogP contribution in [-0.4, -0.2) is 105 Å². The number of carbonyl (C=O) groups excluding carboxylic acids is 2. The molecule has 2 aromatic carbocycles. The van der Waals surface area contributed by atoms with Gasteiger partial charge in [0.1, 0.15) is 5.02 Å². The second-order valence-electron chi connectivity index (χ2n) is 17.7. The molecule has 18 heteroatoms. The van der Waals surface area contributed by atoms with Crippen molar-refractivity contribution in [3.8, 4) is 5.75 Å². The van der Waals surface area contributed by atoms with E-state index in [1.165, 1.54) is 4.57 Å². The van der Waals surface area contributed by atoms with Gasteiger partial charge >= 0.3 is 5.92 Å². The van der Waals surface area contributed by atoms with Gasteiger partial charge in [0.15, 0.2) is 12.4 Å². The number of para-hydroxylation sites is 1. The molecular formula is C44H50ClF2N11O4. The minimum atomic E-state index is -3.13. The minimum absolute atomic E-state index is 0.107. The number of anilines is 5. The molecule has 0 radical (unpaired) electrons. The highest BCUT2D eigenvalue weighted by Gasteiger charge is 2.51. The van der Waals surface area contributed by atoms with Gasteiger partial charge in [-0.2, -0.15) is 10.1 Å². The summed E-state index contributed by atoms with van der Waals surface area (Å²) in [5.74, 6) is -2.86. The number of nitrogens with one attached hydrogen (secondary N) is 3. The second kappa shape index (κ2) is 15.7. The first kappa shape index (κ1) is 40.5. The van der Waals surface area contributed by atoms with E-state index in [1.807, 2.05) is 29.9 Å². The lowest BCUT2D eigenvalue weighted by atomic mass is 9.92. The lowest BCUT2D eigenvalue weighted by Gasteiger charge is -2.43. The number of halogens is 3. The number of imide groups is 1. The normalized spacial score (nSPS) is 23.5. The Kier molecular flexibility index (Phi) is 10.2. The number of pyridine rings is 1. The van der Waals surface area contributed by atoms with Gasteiger partial charge in [0, 0.05) is 82.3 Å². The molecular weight excluding hydrogens is 820 g/mol. The average Bonchev–Trinajstić information content (AvgIpc) is 4.05. The summed E-state index contributed by atoms with van der Waals surface area (Å²) in [4.78, 5) is 54.5. The number of benzene rings is 2. The van der Waals surface area contributed by atoms with Crippen LogP contribution in [0.2, 0.25) is 5.02 Å². The zero-order chi connectivity index (χ0) is 43.0. The molecule has 5 aromatic rings.